The minimum Gasteiger partial charge on any atom is -0.372 e. The van der Waals surface area contributed by atoms with Gasteiger partial charge >= 0.3 is 0 Å². The zero-order valence-electron chi connectivity index (χ0n) is 15.3. The summed E-state index contributed by atoms with van der Waals surface area (Å²) in [6, 6.07) is 13.9. The summed E-state index contributed by atoms with van der Waals surface area (Å²) < 4.78 is 26.7. The van der Waals surface area contributed by atoms with E-state index in [9.17, 15) is 13.2 Å². The Kier molecular flexibility index (Phi) is 6.76. The van der Waals surface area contributed by atoms with Gasteiger partial charge in [0.2, 0.25) is 15.9 Å². The molecule has 0 saturated heterocycles. The molecule has 0 fully saturated rings. The van der Waals surface area contributed by atoms with Crippen LogP contribution in [0.25, 0.3) is 0 Å². The zero-order chi connectivity index (χ0) is 19.2. The van der Waals surface area contributed by atoms with E-state index in [0.717, 1.165) is 24.3 Å². The number of rotatable bonds is 8. The van der Waals surface area contributed by atoms with Crippen molar-refractivity contribution in [1.29, 1.82) is 0 Å². The minimum absolute atomic E-state index is 0.138. The van der Waals surface area contributed by atoms with Crippen molar-refractivity contribution in [2.75, 3.05) is 29.9 Å². The number of hydrogen-bond donors (Lipinski definition) is 2. The van der Waals surface area contributed by atoms with Crippen LogP contribution in [0, 0.1) is 6.92 Å². The molecule has 7 heteroatoms. The van der Waals surface area contributed by atoms with Crippen molar-refractivity contribution in [1.82, 2.24) is 4.72 Å². The van der Waals surface area contributed by atoms with E-state index in [4.69, 9.17) is 0 Å². The van der Waals surface area contributed by atoms with Crippen LogP contribution in [0.1, 0.15) is 19.4 Å². The summed E-state index contributed by atoms with van der Waals surface area (Å²) in [6.07, 6.45) is 0. The smallest absolute Gasteiger partial charge is 0.241 e. The van der Waals surface area contributed by atoms with Gasteiger partial charge in [0, 0.05) is 24.5 Å². The number of aryl methyl sites for hydroxylation is 1. The van der Waals surface area contributed by atoms with Gasteiger partial charge in [-0.25, -0.2) is 13.1 Å². The van der Waals surface area contributed by atoms with Gasteiger partial charge < -0.3 is 10.2 Å². The van der Waals surface area contributed by atoms with Crippen molar-refractivity contribution in [3.05, 3.63) is 54.1 Å². The van der Waals surface area contributed by atoms with Gasteiger partial charge in [-0.1, -0.05) is 17.7 Å². The first-order valence-corrected chi connectivity index (χ1v) is 10.0. The standard InChI is InChI=1S/C19H25N3O3S/c1-4-22(5-2)17-10-8-16(9-11-17)21-19(23)14-20-26(24,25)18-12-6-15(3)7-13-18/h6-13,20H,4-5,14H2,1-3H3,(H,21,23). The van der Waals surface area contributed by atoms with Crippen LogP contribution in [0.3, 0.4) is 0 Å². The molecule has 0 aromatic heterocycles. The lowest BCUT2D eigenvalue weighted by Gasteiger charge is -2.21. The first-order valence-electron chi connectivity index (χ1n) is 8.57. The minimum atomic E-state index is -3.71. The molecule has 0 radical (unpaired) electrons. The summed E-state index contributed by atoms with van der Waals surface area (Å²) in [4.78, 5) is 14.4. The molecule has 6 nitrogen and oxygen atoms in total. The molecule has 0 spiro atoms. The molecule has 2 N–H and O–H groups in total. The van der Waals surface area contributed by atoms with E-state index in [1.54, 1.807) is 24.3 Å². The average molecular weight is 375 g/mol. The van der Waals surface area contributed by atoms with Crippen molar-refractivity contribution in [2.24, 2.45) is 0 Å². The van der Waals surface area contributed by atoms with Crippen LogP contribution in [0.15, 0.2) is 53.4 Å². The Morgan fingerprint density at radius 1 is 0.962 bits per heavy atom. The van der Waals surface area contributed by atoms with Gasteiger partial charge in [0.25, 0.3) is 0 Å². The van der Waals surface area contributed by atoms with Crippen molar-refractivity contribution >= 4 is 27.3 Å². The molecule has 0 atom stereocenters. The lowest BCUT2D eigenvalue weighted by atomic mass is 10.2. The number of benzene rings is 2. The number of nitrogens with one attached hydrogen (secondary N) is 2. The lowest BCUT2D eigenvalue weighted by molar-refractivity contribution is -0.115. The summed E-state index contributed by atoms with van der Waals surface area (Å²) >= 11 is 0. The number of hydrogen-bond acceptors (Lipinski definition) is 4. The molecular formula is C19H25N3O3S. The fraction of sp³-hybridized carbons (Fsp3) is 0.316. The monoisotopic (exact) mass is 375 g/mol. The molecule has 0 aliphatic carbocycles. The summed E-state index contributed by atoms with van der Waals surface area (Å²) in [5.41, 5.74) is 2.67. The summed E-state index contributed by atoms with van der Waals surface area (Å²) in [5.74, 6) is -0.420. The third-order valence-electron chi connectivity index (χ3n) is 4.03. The van der Waals surface area contributed by atoms with Crippen LogP contribution in [-0.2, 0) is 14.8 Å². The molecule has 0 aliphatic heterocycles. The van der Waals surface area contributed by atoms with Gasteiger partial charge in [-0.3, -0.25) is 4.79 Å². The highest BCUT2D eigenvalue weighted by Gasteiger charge is 2.15. The van der Waals surface area contributed by atoms with Crippen LogP contribution in [0.4, 0.5) is 11.4 Å². The van der Waals surface area contributed by atoms with Crippen molar-refractivity contribution in [3.63, 3.8) is 0 Å². The summed E-state index contributed by atoms with van der Waals surface area (Å²) in [7, 11) is -3.71. The van der Waals surface area contributed by atoms with Gasteiger partial charge in [-0.15, -0.1) is 0 Å². The Balaban J connectivity index is 1.93. The molecule has 0 aliphatic rings. The van der Waals surface area contributed by atoms with Crippen LogP contribution in [0.2, 0.25) is 0 Å². The number of carbonyl (C=O) groups is 1. The van der Waals surface area contributed by atoms with Crippen molar-refractivity contribution in [3.8, 4) is 0 Å². The molecule has 26 heavy (non-hydrogen) atoms. The van der Waals surface area contributed by atoms with Crippen molar-refractivity contribution < 1.29 is 13.2 Å². The van der Waals surface area contributed by atoms with Gasteiger partial charge in [-0.05, 0) is 57.2 Å². The molecule has 2 aromatic rings. The maximum atomic E-state index is 12.2. The van der Waals surface area contributed by atoms with Crippen LogP contribution >= 0.6 is 0 Å². The zero-order valence-corrected chi connectivity index (χ0v) is 16.1. The number of anilines is 2. The van der Waals surface area contributed by atoms with E-state index in [0.29, 0.717) is 5.69 Å². The summed E-state index contributed by atoms with van der Waals surface area (Å²) in [5, 5.41) is 2.69. The molecule has 0 bridgehead atoms. The maximum absolute atomic E-state index is 12.2. The van der Waals surface area contributed by atoms with E-state index in [2.05, 4.69) is 28.8 Å². The fourth-order valence-electron chi connectivity index (χ4n) is 2.51. The Labute approximate surface area is 155 Å². The second kappa shape index (κ2) is 8.82. The van der Waals surface area contributed by atoms with E-state index in [-0.39, 0.29) is 11.4 Å². The van der Waals surface area contributed by atoms with E-state index in [1.807, 2.05) is 19.1 Å². The molecular weight excluding hydrogens is 350 g/mol. The highest BCUT2D eigenvalue weighted by molar-refractivity contribution is 7.89. The number of nitrogens with zero attached hydrogens (tertiary/aromatic N) is 1. The average Bonchev–Trinajstić information content (AvgIpc) is 2.63. The van der Waals surface area contributed by atoms with Crippen LogP contribution < -0.4 is 14.9 Å². The molecule has 1 amide bonds. The van der Waals surface area contributed by atoms with Gasteiger partial charge in [0.1, 0.15) is 0 Å². The largest absolute Gasteiger partial charge is 0.372 e. The van der Waals surface area contributed by atoms with Gasteiger partial charge in [0.05, 0.1) is 11.4 Å². The van der Waals surface area contributed by atoms with Crippen LogP contribution in [0.5, 0.6) is 0 Å². The predicted octanol–water partition coefficient (Wildman–Crippen LogP) is 2.76. The quantitative estimate of drug-likeness (QED) is 0.744. The fourth-order valence-corrected chi connectivity index (χ4v) is 3.49. The third kappa shape index (κ3) is 5.31. The molecule has 140 valence electrons. The number of carbonyl (C=O) groups excluding carboxylic acids is 1. The first kappa shape index (κ1) is 19.9. The highest BCUT2D eigenvalue weighted by Crippen LogP contribution is 2.17. The van der Waals surface area contributed by atoms with Gasteiger partial charge in [-0.2, -0.15) is 0 Å². The highest BCUT2D eigenvalue weighted by atomic mass is 32.2. The molecule has 2 aromatic carbocycles. The first-order chi connectivity index (χ1) is 12.4. The van der Waals surface area contributed by atoms with Crippen molar-refractivity contribution in [2.45, 2.75) is 25.7 Å². The second-order valence-electron chi connectivity index (χ2n) is 5.90. The Morgan fingerprint density at radius 2 is 1.54 bits per heavy atom. The lowest BCUT2D eigenvalue weighted by Crippen LogP contribution is -2.32. The van der Waals surface area contributed by atoms with Crippen LogP contribution in [-0.4, -0.2) is 34.0 Å². The molecule has 2 rings (SSSR count). The van der Waals surface area contributed by atoms with E-state index in [1.165, 1.54) is 12.1 Å². The predicted molar refractivity (Wildman–Crippen MR) is 105 cm³/mol. The topological polar surface area (TPSA) is 78.5 Å². The normalized spacial score (nSPS) is 11.2. The maximum Gasteiger partial charge on any atom is 0.241 e. The summed E-state index contributed by atoms with van der Waals surface area (Å²) in [6.45, 7) is 7.53. The SMILES string of the molecule is CCN(CC)c1ccc(NC(=O)CNS(=O)(=O)c2ccc(C)cc2)cc1. The molecule has 0 heterocycles. The van der Waals surface area contributed by atoms with E-state index < -0.39 is 15.9 Å². The van der Waals surface area contributed by atoms with E-state index >= 15 is 0 Å². The number of sulfonamides is 1. The molecule has 0 unspecified atom stereocenters. The van der Waals surface area contributed by atoms with Gasteiger partial charge in [0.15, 0.2) is 0 Å². The molecule has 0 saturated carbocycles. The number of amides is 1. The second-order valence-corrected chi connectivity index (χ2v) is 7.67. The third-order valence-corrected chi connectivity index (χ3v) is 5.45. The Hall–Kier alpha value is -2.38. The Morgan fingerprint density at radius 3 is 2.08 bits per heavy atom. The Bertz CT molecular complexity index is 827.